The van der Waals surface area contributed by atoms with Crippen molar-refractivity contribution in [1.29, 1.82) is 0 Å². The molecule has 0 fully saturated rings. The van der Waals surface area contributed by atoms with Gasteiger partial charge in [-0.1, -0.05) is 30.3 Å². The molecule has 0 saturated heterocycles. The molecule has 0 aliphatic heterocycles. The Balaban J connectivity index is 2.07. The van der Waals surface area contributed by atoms with E-state index >= 15 is 0 Å². The zero-order valence-corrected chi connectivity index (χ0v) is 13.6. The normalized spacial score (nSPS) is 12.4. The molecular formula is C17H29N3O. The largest absolute Gasteiger partial charge is 0.353 e. The Kier molecular flexibility index (Phi) is 8.71. The summed E-state index contributed by atoms with van der Waals surface area (Å²) >= 11 is 0. The van der Waals surface area contributed by atoms with Gasteiger partial charge in [0.25, 0.3) is 0 Å². The Morgan fingerprint density at radius 3 is 2.62 bits per heavy atom. The maximum absolute atomic E-state index is 11.8. The molecule has 4 nitrogen and oxygen atoms in total. The van der Waals surface area contributed by atoms with E-state index in [1.54, 1.807) is 0 Å². The summed E-state index contributed by atoms with van der Waals surface area (Å²) in [5.74, 6) is 0.0837. The summed E-state index contributed by atoms with van der Waals surface area (Å²) in [4.78, 5) is 13.9. The van der Waals surface area contributed by atoms with Crippen molar-refractivity contribution in [3.63, 3.8) is 0 Å². The molecule has 1 atom stereocenters. The highest BCUT2D eigenvalue weighted by molar-refractivity contribution is 5.78. The lowest BCUT2D eigenvalue weighted by Crippen LogP contribution is -2.39. The number of hydrogen-bond donors (Lipinski definition) is 2. The summed E-state index contributed by atoms with van der Waals surface area (Å²) < 4.78 is 0. The van der Waals surface area contributed by atoms with Crippen molar-refractivity contribution in [2.24, 2.45) is 0 Å². The van der Waals surface area contributed by atoms with Gasteiger partial charge in [-0.15, -0.1) is 0 Å². The summed E-state index contributed by atoms with van der Waals surface area (Å²) in [5.41, 5.74) is 1.32. The van der Waals surface area contributed by atoms with E-state index in [-0.39, 0.29) is 11.9 Å². The second-order valence-corrected chi connectivity index (χ2v) is 5.83. The molecule has 1 aromatic carbocycles. The molecule has 118 valence electrons. The summed E-state index contributed by atoms with van der Waals surface area (Å²) in [5, 5.41) is 6.22. The molecule has 1 rings (SSSR count). The fraction of sp³-hybridized carbons (Fsp3) is 0.588. The molecule has 21 heavy (non-hydrogen) atoms. The van der Waals surface area contributed by atoms with Gasteiger partial charge in [0.2, 0.25) is 5.91 Å². The number of hydrogen-bond acceptors (Lipinski definition) is 3. The Hall–Kier alpha value is -1.39. The number of carbonyl (C=O) groups is 1. The molecular weight excluding hydrogens is 262 g/mol. The number of carbonyl (C=O) groups excluding carboxylic acids is 1. The van der Waals surface area contributed by atoms with E-state index in [1.807, 2.05) is 6.07 Å². The molecule has 0 aliphatic rings. The molecule has 0 aromatic heterocycles. The zero-order chi connectivity index (χ0) is 15.5. The van der Waals surface area contributed by atoms with Gasteiger partial charge in [0.05, 0.1) is 6.54 Å². The molecule has 1 aromatic rings. The minimum absolute atomic E-state index is 0.0837. The van der Waals surface area contributed by atoms with E-state index in [0.29, 0.717) is 6.54 Å². The van der Waals surface area contributed by atoms with Gasteiger partial charge >= 0.3 is 0 Å². The van der Waals surface area contributed by atoms with Crippen LogP contribution in [-0.4, -0.2) is 50.6 Å². The van der Waals surface area contributed by atoms with Crippen molar-refractivity contribution < 1.29 is 4.79 Å². The molecule has 1 amide bonds. The molecule has 0 bridgehead atoms. The Morgan fingerprint density at radius 2 is 1.95 bits per heavy atom. The van der Waals surface area contributed by atoms with Gasteiger partial charge in [0.1, 0.15) is 0 Å². The highest BCUT2D eigenvalue weighted by Crippen LogP contribution is 2.04. The summed E-state index contributed by atoms with van der Waals surface area (Å²) in [6, 6.07) is 10.6. The van der Waals surface area contributed by atoms with Crippen LogP contribution in [-0.2, 0) is 11.2 Å². The van der Waals surface area contributed by atoms with E-state index in [9.17, 15) is 4.79 Å². The number of aryl methyl sites for hydroxylation is 1. The quantitative estimate of drug-likeness (QED) is 0.645. The molecule has 0 aliphatic carbocycles. The number of nitrogens with one attached hydrogen (secondary N) is 2. The molecule has 0 radical (unpaired) electrons. The number of amides is 1. The van der Waals surface area contributed by atoms with E-state index in [2.05, 4.69) is 60.8 Å². The molecule has 0 heterocycles. The first-order valence-electron chi connectivity index (χ1n) is 7.76. The minimum atomic E-state index is 0.0837. The van der Waals surface area contributed by atoms with Crippen molar-refractivity contribution in [2.45, 2.75) is 32.2 Å². The lowest BCUT2D eigenvalue weighted by Gasteiger charge is -2.14. The first-order chi connectivity index (χ1) is 10.1. The minimum Gasteiger partial charge on any atom is -0.353 e. The Bertz CT molecular complexity index is 392. The second-order valence-electron chi connectivity index (χ2n) is 5.83. The van der Waals surface area contributed by atoms with Crippen LogP contribution in [0.3, 0.4) is 0 Å². The monoisotopic (exact) mass is 291 g/mol. The van der Waals surface area contributed by atoms with Crippen LogP contribution in [0.2, 0.25) is 0 Å². The molecule has 0 saturated carbocycles. The van der Waals surface area contributed by atoms with Gasteiger partial charge in [-0.2, -0.15) is 0 Å². The third-order valence-electron chi connectivity index (χ3n) is 3.36. The van der Waals surface area contributed by atoms with Crippen molar-refractivity contribution in [3.8, 4) is 0 Å². The maximum atomic E-state index is 11.8. The highest BCUT2D eigenvalue weighted by atomic mass is 16.1. The van der Waals surface area contributed by atoms with Gasteiger partial charge in [0, 0.05) is 6.04 Å². The van der Waals surface area contributed by atoms with Crippen molar-refractivity contribution in [1.82, 2.24) is 15.5 Å². The number of rotatable bonds is 10. The first-order valence-corrected chi connectivity index (χ1v) is 7.76. The van der Waals surface area contributed by atoms with E-state index < -0.39 is 0 Å². The molecule has 0 spiro atoms. The van der Waals surface area contributed by atoms with E-state index in [1.165, 1.54) is 5.56 Å². The van der Waals surface area contributed by atoms with Gasteiger partial charge in [0.15, 0.2) is 0 Å². The van der Waals surface area contributed by atoms with Crippen LogP contribution in [0, 0.1) is 0 Å². The van der Waals surface area contributed by atoms with Crippen molar-refractivity contribution >= 4 is 5.91 Å². The highest BCUT2D eigenvalue weighted by Gasteiger charge is 2.07. The summed E-state index contributed by atoms with van der Waals surface area (Å²) in [6.07, 6.45) is 3.03. The predicted octanol–water partition coefficient (Wildman–Crippen LogP) is 1.67. The van der Waals surface area contributed by atoms with Gasteiger partial charge < -0.3 is 15.5 Å². The van der Waals surface area contributed by atoms with Crippen LogP contribution < -0.4 is 10.6 Å². The smallest absolute Gasteiger partial charge is 0.234 e. The average molecular weight is 291 g/mol. The second kappa shape index (κ2) is 10.4. The summed E-state index contributed by atoms with van der Waals surface area (Å²) in [7, 11) is 4.11. The maximum Gasteiger partial charge on any atom is 0.234 e. The molecule has 2 N–H and O–H groups in total. The van der Waals surface area contributed by atoms with Crippen molar-refractivity contribution in [3.05, 3.63) is 35.9 Å². The Morgan fingerprint density at radius 1 is 1.24 bits per heavy atom. The number of benzene rings is 1. The van der Waals surface area contributed by atoms with Crippen LogP contribution in [0.4, 0.5) is 0 Å². The molecule has 1 unspecified atom stereocenters. The fourth-order valence-corrected chi connectivity index (χ4v) is 2.15. The zero-order valence-electron chi connectivity index (χ0n) is 13.6. The van der Waals surface area contributed by atoms with Gasteiger partial charge in [-0.3, -0.25) is 4.79 Å². The summed E-state index contributed by atoms with van der Waals surface area (Å²) in [6.45, 7) is 4.39. The lowest BCUT2D eigenvalue weighted by atomic mass is 10.1. The molecule has 4 heteroatoms. The SMILES string of the molecule is CC(CCc1ccccc1)NC(=O)CNCCCN(C)C. The predicted molar refractivity (Wildman–Crippen MR) is 88.4 cm³/mol. The van der Waals surface area contributed by atoms with Crippen LogP contribution in [0.5, 0.6) is 0 Å². The van der Waals surface area contributed by atoms with Crippen LogP contribution >= 0.6 is 0 Å². The van der Waals surface area contributed by atoms with Crippen LogP contribution in [0.1, 0.15) is 25.3 Å². The average Bonchev–Trinajstić information content (AvgIpc) is 2.45. The van der Waals surface area contributed by atoms with Gasteiger partial charge in [-0.05, 0) is 58.9 Å². The van der Waals surface area contributed by atoms with E-state index in [4.69, 9.17) is 0 Å². The third-order valence-corrected chi connectivity index (χ3v) is 3.36. The third kappa shape index (κ3) is 9.21. The Labute approximate surface area is 128 Å². The van der Waals surface area contributed by atoms with Crippen LogP contribution in [0.25, 0.3) is 0 Å². The standard InChI is InChI=1S/C17H29N3O/c1-15(10-11-16-8-5-4-6-9-16)19-17(21)14-18-12-7-13-20(2)3/h4-6,8-9,15,18H,7,10-14H2,1-3H3,(H,19,21). The van der Waals surface area contributed by atoms with Crippen molar-refractivity contribution in [2.75, 3.05) is 33.7 Å². The topological polar surface area (TPSA) is 44.4 Å². The number of nitrogens with zero attached hydrogens (tertiary/aromatic N) is 1. The van der Waals surface area contributed by atoms with E-state index in [0.717, 1.165) is 32.4 Å². The van der Waals surface area contributed by atoms with Crippen LogP contribution in [0.15, 0.2) is 30.3 Å². The van der Waals surface area contributed by atoms with Gasteiger partial charge in [-0.25, -0.2) is 0 Å². The lowest BCUT2D eigenvalue weighted by molar-refractivity contribution is -0.120. The fourth-order valence-electron chi connectivity index (χ4n) is 2.15. The first kappa shape index (κ1) is 17.7.